The second-order valence-corrected chi connectivity index (χ2v) is 6.18. The Morgan fingerprint density at radius 3 is 2.39 bits per heavy atom. The average molecular weight is 276 g/mol. The lowest BCUT2D eigenvalue weighted by atomic mass is 10.3. The van der Waals surface area contributed by atoms with Crippen molar-refractivity contribution < 1.29 is 28.0 Å². The van der Waals surface area contributed by atoms with Gasteiger partial charge >= 0.3 is 20.7 Å². The molecule has 0 heterocycles. The fourth-order valence-corrected chi connectivity index (χ4v) is 3.19. The number of carbonyl (C=O) groups is 2. The van der Waals surface area contributed by atoms with Gasteiger partial charge in [-0.2, -0.15) is 0 Å². The van der Waals surface area contributed by atoms with E-state index in [1.54, 1.807) is 13.5 Å². The number of carboxylic acid groups (broad SMARTS) is 1. The number of hydrogen-bond donors (Lipinski definition) is 1. The van der Waals surface area contributed by atoms with Crippen LogP contribution in [-0.4, -0.2) is 38.6 Å². The number of aliphatic carboxylic acids is 1. The molecule has 0 aliphatic carbocycles. The minimum Gasteiger partial charge on any atom is -0.478 e. The molecule has 0 saturated carbocycles. The van der Waals surface area contributed by atoms with Crippen molar-refractivity contribution in [3.63, 3.8) is 0 Å². The fraction of sp³-hybridized carbons (Fsp3) is 0.636. The van der Waals surface area contributed by atoms with E-state index in [0.717, 1.165) is 12.5 Å². The molecule has 18 heavy (non-hydrogen) atoms. The monoisotopic (exact) mass is 276 g/mol. The predicted molar refractivity (Wildman–Crippen MR) is 66.9 cm³/mol. The number of rotatable bonds is 8. The van der Waals surface area contributed by atoms with Crippen LogP contribution in [0.15, 0.2) is 12.2 Å². The van der Waals surface area contributed by atoms with E-state index in [1.807, 2.05) is 13.8 Å². The summed E-state index contributed by atoms with van der Waals surface area (Å²) in [6.45, 7) is 7.53. The van der Waals surface area contributed by atoms with Crippen LogP contribution in [0.3, 0.4) is 0 Å². The molecule has 0 radical (unpaired) electrons. The van der Waals surface area contributed by atoms with E-state index >= 15 is 0 Å². The van der Waals surface area contributed by atoms with Crippen LogP contribution in [0.4, 0.5) is 0 Å². The van der Waals surface area contributed by atoms with Gasteiger partial charge in [0.25, 0.3) is 0 Å². The first-order chi connectivity index (χ1) is 8.33. The van der Waals surface area contributed by atoms with Gasteiger partial charge in [0, 0.05) is 31.4 Å². The van der Waals surface area contributed by atoms with Gasteiger partial charge in [-0.1, -0.05) is 6.92 Å². The summed E-state index contributed by atoms with van der Waals surface area (Å²) in [5.41, 5.74) is 0. The lowest BCUT2D eigenvalue weighted by Gasteiger charge is -2.27. The fourth-order valence-electron chi connectivity index (χ4n) is 1.15. The predicted octanol–water partition coefficient (Wildman–Crippen LogP) is 1.59. The van der Waals surface area contributed by atoms with Crippen molar-refractivity contribution >= 4 is 20.7 Å². The van der Waals surface area contributed by atoms with Crippen LogP contribution in [0.2, 0.25) is 6.55 Å². The van der Waals surface area contributed by atoms with Gasteiger partial charge in [0.15, 0.2) is 0 Å². The van der Waals surface area contributed by atoms with E-state index in [4.69, 9.17) is 18.4 Å². The Labute approximate surface area is 108 Å². The minimum absolute atomic E-state index is 0.0931. The molecule has 2 unspecified atom stereocenters. The van der Waals surface area contributed by atoms with Crippen LogP contribution in [0, 0.1) is 0 Å². The van der Waals surface area contributed by atoms with Crippen molar-refractivity contribution in [1.82, 2.24) is 0 Å². The first kappa shape index (κ1) is 16.8. The van der Waals surface area contributed by atoms with Crippen molar-refractivity contribution in [2.45, 2.75) is 39.8 Å². The van der Waals surface area contributed by atoms with Crippen LogP contribution < -0.4 is 0 Å². The van der Waals surface area contributed by atoms with E-state index in [0.29, 0.717) is 12.7 Å². The second-order valence-electron chi connectivity index (χ2n) is 3.72. The van der Waals surface area contributed by atoms with Crippen molar-refractivity contribution in [1.29, 1.82) is 0 Å². The molecule has 0 aliphatic heterocycles. The third kappa shape index (κ3) is 7.20. The molecule has 6 nitrogen and oxygen atoms in total. The SMILES string of the molecule is CCO[Si](C)(OC(=O)/C=C\C(=O)O)OC(C)CC. The smallest absolute Gasteiger partial charge is 0.478 e. The summed E-state index contributed by atoms with van der Waals surface area (Å²) in [6.07, 6.45) is 2.22. The van der Waals surface area contributed by atoms with Gasteiger partial charge in [-0.15, -0.1) is 0 Å². The van der Waals surface area contributed by atoms with E-state index in [1.165, 1.54) is 0 Å². The van der Waals surface area contributed by atoms with Crippen molar-refractivity contribution in [3.05, 3.63) is 12.2 Å². The third-order valence-corrected chi connectivity index (χ3v) is 4.26. The minimum atomic E-state index is -3.06. The van der Waals surface area contributed by atoms with Gasteiger partial charge in [-0.3, -0.25) is 0 Å². The van der Waals surface area contributed by atoms with Gasteiger partial charge in [0.2, 0.25) is 0 Å². The summed E-state index contributed by atoms with van der Waals surface area (Å²) in [7, 11) is -3.06. The third-order valence-electron chi connectivity index (χ3n) is 2.04. The molecular formula is C11H20O6Si. The van der Waals surface area contributed by atoms with E-state index in [9.17, 15) is 9.59 Å². The Morgan fingerprint density at radius 2 is 1.94 bits per heavy atom. The summed E-state index contributed by atoms with van der Waals surface area (Å²) >= 11 is 0. The van der Waals surface area contributed by atoms with Crippen molar-refractivity contribution in [3.8, 4) is 0 Å². The molecule has 0 bridgehead atoms. The van der Waals surface area contributed by atoms with Crippen molar-refractivity contribution in [2.75, 3.05) is 6.61 Å². The van der Waals surface area contributed by atoms with Gasteiger partial charge < -0.3 is 18.4 Å². The largest absolute Gasteiger partial charge is 0.565 e. The number of carbonyl (C=O) groups excluding carboxylic acids is 1. The molecule has 2 atom stereocenters. The van der Waals surface area contributed by atoms with Crippen LogP contribution in [0.25, 0.3) is 0 Å². The normalized spacial score (nSPS) is 16.2. The highest BCUT2D eigenvalue weighted by atomic mass is 28.4. The average Bonchev–Trinajstić information content (AvgIpc) is 2.26. The van der Waals surface area contributed by atoms with Crippen molar-refractivity contribution in [2.24, 2.45) is 0 Å². The Hall–Kier alpha value is -1.18. The van der Waals surface area contributed by atoms with E-state index in [2.05, 4.69) is 0 Å². The molecule has 7 heteroatoms. The standard InChI is InChI=1S/C11H20O6Si/c1-5-9(3)16-18(4,15-6-2)17-11(14)8-7-10(12)13/h7-9H,5-6H2,1-4H3,(H,12,13)/b8-7-. The molecule has 0 aromatic carbocycles. The maximum absolute atomic E-state index is 11.4. The molecule has 0 spiro atoms. The second kappa shape index (κ2) is 8.01. The molecular weight excluding hydrogens is 256 g/mol. The zero-order valence-electron chi connectivity index (χ0n) is 11.1. The lowest BCUT2D eigenvalue weighted by Crippen LogP contribution is -2.46. The molecule has 0 aromatic rings. The van der Waals surface area contributed by atoms with E-state index < -0.39 is 20.7 Å². The van der Waals surface area contributed by atoms with Gasteiger partial charge in [0.1, 0.15) is 0 Å². The molecule has 104 valence electrons. The lowest BCUT2D eigenvalue weighted by molar-refractivity contribution is -0.136. The summed E-state index contributed by atoms with van der Waals surface area (Å²) in [5, 5.41) is 8.40. The van der Waals surface area contributed by atoms with E-state index in [-0.39, 0.29) is 6.10 Å². The maximum atomic E-state index is 11.4. The zero-order valence-corrected chi connectivity index (χ0v) is 12.1. The van der Waals surface area contributed by atoms with Crippen LogP contribution >= 0.6 is 0 Å². The van der Waals surface area contributed by atoms with Crippen LogP contribution in [0.5, 0.6) is 0 Å². The Morgan fingerprint density at radius 1 is 1.33 bits per heavy atom. The Kier molecular flexibility index (Phi) is 7.49. The summed E-state index contributed by atoms with van der Waals surface area (Å²) in [6, 6.07) is 0. The Bertz CT molecular complexity index is 317. The number of carboxylic acids is 1. The van der Waals surface area contributed by atoms with Gasteiger partial charge in [0.05, 0.1) is 0 Å². The molecule has 0 amide bonds. The van der Waals surface area contributed by atoms with Gasteiger partial charge in [-0.25, -0.2) is 9.59 Å². The first-order valence-corrected chi connectivity index (χ1v) is 8.01. The number of hydrogen-bond acceptors (Lipinski definition) is 5. The summed E-state index contributed by atoms with van der Waals surface area (Å²) in [4.78, 5) is 21.7. The highest BCUT2D eigenvalue weighted by Gasteiger charge is 2.39. The molecule has 0 rings (SSSR count). The quantitative estimate of drug-likeness (QED) is 0.535. The molecule has 0 fully saturated rings. The topological polar surface area (TPSA) is 82.1 Å². The molecule has 0 aromatic heterocycles. The van der Waals surface area contributed by atoms with Crippen LogP contribution in [0.1, 0.15) is 27.2 Å². The van der Waals surface area contributed by atoms with Gasteiger partial charge in [-0.05, 0) is 20.3 Å². The molecule has 1 N–H and O–H groups in total. The highest BCUT2D eigenvalue weighted by molar-refractivity contribution is 6.61. The Balaban J connectivity index is 4.59. The summed E-state index contributed by atoms with van der Waals surface area (Å²) < 4.78 is 16.1. The zero-order chi connectivity index (χ0) is 14.2. The molecule has 0 aliphatic rings. The summed E-state index contributed by atoms with van der Waals surface area (Å²) in [5.74, 6) is -1.99. The highest BCUT2D eigenvalue weighted by Crippen LogP contribution is 2.14. The van der Waals surface area contributed by atoms with Crippen LogP contribution in [-0.2, 0) is 22.9 Å². The first-order valence-electron chi connectivity index (χ1n) is 5.78. The molecule has 0 saturated heterocycles. The maximum Gasteiger partial charge on any atom is 0.565 e.